The quantitative estimate of drug-likeness (QED) is 0.729. The van der Waals surface area contributed by atoms with E-state index >= 15 is 0 Å². The molecule has 2 heterocycles. The molecule has 0 bridgehead atoms. The molecule has 1 aromatic heterocycles. The zero-order valence-corrected chi connectivity index (χ0v) is 17.8. The van der Waals surface area contributed by atoms with E-state index in [1.165, 1.54) is 0 Å². The van der Waals surface area contributed by atoms with Crippen LogP contribution in [-0.2, 0) is 14.3 Å². The summed E-state index contributed by atoms with van der Waals surface area (Å²) in [6.07, 6.45) is 0.146. The largest absolute Gasteiger partial charge is 0.461 e. The number of hydrogen-bond acceptors (Lipinski definition) is 6. The normalized spacial score (nSPS) is 16.4. The second kappa shape index (κ2) is 8.73. The molecule has 7 nitrogen and oxygen atoms in total. The number of hydrogen-bond donors (Lipinski definition) is 1. The topological polar surface area (TPSA) is 88.6 Å². The Morgan fingerprint density at radius 3 is 2.62 bits per heavy atom. The molecule has 0 spiro atoms. The van der Waals surface area contributed by atoms with E-state index in [9.17, 15) is 14.4 Å². The molecule has 1 N–H and O–H groups in total. The molecule has 1 aliphatic heterocycles. The van der Waals surface area contributed by atoms with Crippen molar-refractivity contribution in [2.75, 3.05) is 23.4 Å². The highest BCUT2D eigenvalue weighted by Crippen LogP contribution is 2.28. The van der Waals surface area contributed by atoms with E-state index in [1.807, 2.05) is 45.0 Å². The Morgan fingerprint density at radius 2 is 1.97 bits per heavy atom. The Bertz CT molecular complexity index is 921. The average molecular weight is 416 g/mol. The number of anilines is 2. The van der Waals surface area contributed by atoms with Gasteiger partial charge in [-0.2, -0.15) is 0 Å². The second-order valence-corrected chi connectivity index (χ2v) is 8.66. The summed E-state index contributed by atoms with van der Waals surface area (Å²) in [5.74, 6) is -1.02. The minimum Gasteiger partial charge on any atom is -0.461 e. The Hall–Kier alpha value is -2.74. The molecule has 1 aliphatic rings. The van der Waals surface area contributed by atoms with Crippen molar-refractivity contribution < 1.29 is 19.1 Å². The zero-order chi connectivity index (χ0) is 21.1. The van der Waals surface area contributed by atoms with Crippen LogP contribution >= 0.6 is 11.3 Å². The number of nitrogens with zero attached hydrogens (tertiary/aromatic N) is 2. The number of thiazole rings is 1. The highest BCUT2D eigenvalue weighted by atomic mass is 32.1. The molecule has 29 heavy (non-hydrogen) atoms. The first kappa shape index (κ1) is 21.0. The molecule has 2 aromatic rings. The van der Waals surface area contributed by atoms with Gasteiger partial charge >= 0.3 is 5.97 Å². The van der Waals surface area contributed by atoms with Crippen molar-refractivity contribution in [3.8, 4) is 0 Å². The van der Waals surface area contributed by atoms with Crippen molar-refractivity contribution in [1.82, 2.24) is 4.98 Å². The van der Waals surface area contributed by atoms with Crippen LogP contribution in [0.15, 0.2) is 24.3 Å². The molecule has 1 saturated heterocycles. The SMILES string of the molecule is Cc1ccc(N2CC(C(=O)Nc3nc(C)c(C(=O)OCC(C)C)s3)CC2=O)cc1. The van der Waals surface area contributed by atoms with E-state index in [1.54, 1.807) is 11.8 Å². The number of ether oxygens (including phenoxy) is 1. The molecular weight excluding hydrogens is 390 g/mol. The minimum absolute atomic E-state index is 0.0812. The van der Waals surface area contributed by atoms with Crippen LogP contribution in [0.5, 0.6) is 0 Å². The average Bonchev–Trinajstić information content (AvgIpc) is 3.23. The van der Waals surface area contributed by atoms with E-state index < -0.39 is 11.9 Å². The van der Waals surface area contributed by atoms with Crippen molar-refractivity contribution in [3.63, 3.8) is 0 Å². The maximum Gasteiger partial charge on any atom is 0.350 e. The van der Waals surface area contributed by atoms with Crippen molar-refractivity contribution in [3.05, 3.63) is 40.4 Å². The van der Waals surface area contributed by atoms with E-state index in [-0.39, 0.29) is 24.2 Å². The van der Waals surface area contributed by atoms with Gasteiger partial charge in [-0.3, -0.25) is 9.59 Å². The van der Waals surface area contributed by atoms with Gasteiger partial charge in [-0.05, 0) is 31.9 Å². The summed E-state index contributed by atoms with van der Waals surface area (Å²) < 4.78 is 5.24. The van der Waals surface area contributed by atoms with Gasteiger partial charge in [-0.15, -0.1) is 0 Å². The van der Waals surface area contributed by atoms with Crippen LogP contribution in [0, 0.1) is 25.7 Å². The number of rotatable bonds is 6. The van der Waals surface area contributed by atoms with Crippen molar-refractivity contribution in [2.24, 2.45) is 11.8 Å². The molecule has 1 fully saturated rings. The summed E-state index contributed by atoms with van der Waals surface area (Å²) >= 11 is 1.09. The van der Waals surface area contributed by atoms with Gasteiger partial charge in [0.05, 0.1) is 18.2 Å². The van der Waals surface area contributed by atoms with Crippen LogP contribution < -0.4 is 10.2 Å². The maximum absolute atomic E-state index is 12.7. The lowest BCUT2D eigenvalue weighted by atomic mass is 10.1. The number of carbonyl (C=O) groups is 3. The third-order valence-electron chi connectivity index (χ3n) is 4.60. The molecule has 0 aliphatic carbocycles. The zero-order valence-electron chi connectivity index (χ0n) is 17.0. The van der Waals surface area contributed by atoms with Crippen LogP contribution in [0.25, 0.3) is 0 Å². The summed E-state index contributed by atoms with van der Waals surface area (Å²) in [7, 11) is 0. The van der Waals surface area contributed by atoms with Gasteiger partial charge < -0.3 is 15.0 Å². The van der Waals surface area contributed by atoms with Crippen molar-refractivity contribution in [1.29, 1.82) is 0 Å². The van der Waals surface area contributed by atoms with Crippen LogP contribution in [0.3, 0.4) is 0 Å². The van der Waals surface area contributed by atoms with Crippen LogP contribution in [0.2, 0.25) is 0 Å². The molecule has 1 atom stereocenters. The smallest absolute Gasteiger partial charge is 0.350 e. The predicted octanol–water partition coefficient (Wildman–Crippen LogP) is 3.56. The lowest BCUT2D eigenvalue weighted by Crippen LogP contribution is -2.28. The lowest BCUT2D eigenvalue weighted by molar-refractivity contribution is -0.122. The predicted molar refractivity (Wildman–Crippen MR) is 112 cm³/mol. The minimum atomic E-state index is -0.468. The Morgan fingerprint density at radius 1 is 1.28 bits per heavy atom. The number of benzene rings is 1. The fourth-order valence-corrected chi connectivity index (χ4v) is 3.88. The number of carbonyl (C=O) groups excluding carboxylic acids is 3. The Kier molecular flexibility index (Phi) is 6.32. The summed E-state index contributed by atoms with van der Waals surface area (Å²) in [6.45, 7) is 8.26. The van der Waals surface area contributed by atoms with E-state index in [2.05, 4.69) is 10.3 Å². The van der Waals surface area contributed by atoms with Crippen molar-refractivity contribution in [2.45, 2.75) is 34.1 Å². The van der Waals surface area contributed by atoms with Gasteiger partial charge in [-0.25, -0.2) is 9.78 Å². The standard InChI is InChI=1S/C21H25N3O4S/c1-12(2)11-28-20(27)18-14(4)22-21(29-18)23-19(26)15-9-17(25)24(10-15)16-7-5-13(3)6-8-16/h5-8,12,15H,9-11H2,1-4H3,(H,22,23,26). The molecule has 8 heteroatoms. The first-order chi connectivity index (χ1) is 13.7. The summed E-state index contributed by atoms with van der Waals surface area (Å²) in [4.78, 5) is 43.5. The molecule has 154 valence electrons. The van der Waals surface area contributed by atoms with E-state index in [0.717, 1.165) is 22.6 Å². The number of nitrogens with one attached hydrogen (secondary N) is 1. The second-order valence-electron chi connectivity index (χ2n) is 7.66. The Balaban J connectivity index is 1.63. The van der Waals surface area contributed by atoms with Crippen LogP contribution in [0.1, 0.15) is 41.2 Å². The van der Waals surface area contributed by atoms with Crippen molar-refractivity contribution >= 4 is 39.9 Å². The molecule has 2 amide bonds. The summed E-state index contributed by atoms with van der Waals surface area (Å²) in [6, 6.07) is 7.64. The van der Waals surface area contributed by atoms with Crippen LogP contribution in [-0.4, -0.2) is 35.9 Å². The fraction of sp³-hybridized carbons (Fsp3) is 0.429. The number of aryl methyl sites for hydroxylation is 2. The third kappa shape index (κ3) is 5.00. The first-order valence-electron chi connectivity index (χ1n) is 9.57. The molecule has 0 saturated carbocycles. The van der Waals surface area contributed by atoms with Gasteiger partial charge in [0.1, 0.15) is 4.88 Å². The Labute approximate surface area is 174 Å². The molecule has 1 unspecified atom stereocenters. The maximum atomic E-state index is 12.7. The number of aromatic nitrogens is 1. The van der Waals surface area contributed by atoms with E-state index in [0.29, 0.717) is 28.9 Å². The fourth-order valence-electron chi connectivity index (χ4n) is 3.01. The number of amides is 2. The van der Waals surface area contributed by atoms with Gasteiger partial charge in [0.15, 0.2) is 5.13 Å². The molecule has 1 aromatic carbocycles. The van der Waals surface area contributed by atoms with Crippen LogP contribution in [0.4, 0.5) is 10.8 Å². The monoisotopic (exact) mass is 415 g/mol. The summed E-state index contributed by atoms with van der Waals surface area (Å²) in [5, 5.41) is 3.09. The molecule has 0 radical (unpaired) electrons. The highest BCUT2D eigenvalue weighted by Gasteiger charge is 2.35. The van der Waals surface area contributed by atoms with Gasteiger partial charge in [-0.1, -0.05) is 42.9 Å². The van der Waals surface area contributed by atoms with Gasteiger partial charge in [0.2, 0.25) is 11.8 Å². The summed E-state index contributed by atoms with van der Waals surface area (Å²) in [5.41, 5.74) is 2.41. The lowest BCUT2D eigenvalue weighted by Gasteiger charge is -2.16. The van der Waals surface area contributed by atoms with Gasteiger partial charge in [0, 0.05) is 18.7 Å². The third-order valence-corrected chi connectivity index (χ3v) is 5.65. The first-order valence-corrected chi connectivity index (χ1v) is 10.4. The molecule has 3 rings (SSSR count). The van der Waals surface area contributed by atoms with E-state index in [4.69, 9.17) is 4.74 Å². The highest BCUT2D eigenvalue weighted by molar-refractivity contribution is 7.17. The molecular formula is C21H25N3O4S. The number of esters is 1. The van der Waals surface area contributed by atoms with Gasteiger partial charge in [0.25, 0.3) is 0 Å².